The van der Waals surface area contributed by atoms with E-state index in [1.807, 2.05) is 13.8 Å². The zero-order valence-electron chi connectivity index (χ0n) is 11.9. The highest BCUT2D eigenvalue weighted by Crippen LogP contribution is 2.35. The van der Waals surface area contributed by atoms with Crippen LogP contribution in [0, 0.1) is 5.92 Å². The maximum Gasteiger partial charge on any atom is 0.242 e. The van der Waals surface area contributed by atoms with Crippen LogP contribution in [-0.2, 0) is 4.79 Å². The van der Waals surface area contributed by atoms with Crippen LogP contribution in [0.2, 0.25) is 10.0 Å². The number of carbonyl (C=O) groups excluding carboxylic acids is 1. The van der Waals surface area contributed by atoms with Crippen LogP contribution in [0.15, 0.2) is 6.07 Å². The first kappa shape index (κ1) is 16.3. The van der Waals surface area contributed by atoms with Gasteiger partial charge in [-0.1, -0.05) is 37.0 Å². The van der Waals surface area contributed by atoms with Crippen LogP contribution in [0.1, 0.15) is 20.8 Å². The number of amides is 1. The van der Waals surface area contributed by atoms with Crippen LogP contribution in [0.3, 0.4) is 0 Å². The second kappa shape index (κ2) is 6.77. The summed E-state index contributed by atoms with van der Waals surface area (Å²) in [4.78, 5) is 12.0. The van der Waals surface area contributed by atoms with Gasteiger partial charge in [0.2, 0.25) is 5.91 Å². The minimum absolute atomic E-state index is 0.0916. The smallest absolute Gasteiger partial charge is 0.242 e. The van der Waals surface area contributed by atoms with Crippen LogP contribution in [0.4, 0.5) is 5.69 Å². The van der Waals surface area contributed by atoms with Crippen molar-refractivity contribution in [2.75, 3.05) is 11.9 Å². The fourth-order valence-corrected chi connectivity index (χ4v) is 2.92. The summed E-state index contributed by atoms with van der Waals surface area (Å²) in [6.07, 6.45) is 0. The quantitative estimate of drug-likeness (QED) is 0.868. The van der Waals surface area contributed by atoms with E-state index >= 15 is 0 Å². The molecule has 1 atom stereocenters. The third kappa shape index (κ3) is 3.75. The van der Waals surface area contributed by atoms with Crippen LogP contribution in [0.5, 0.6) is 0 Å². The van der Waals surface area contributed by atoms with E-state index in [0.29, 0.717) is 39.2 Å². The van der Waals surface area contributed by atoms with Gasteiger partial charge >= 0.3 is 0 Å². The molecule has 2 rings (SSSR count). The lowest BCUT2D eigenvalue weighted by atomic mass is 10.2. The summed E-state index contributed by atoms with van der Waals surface area (Å²) >= 11 is 13.3. The molecule has 0 aliphatic carbocycles. The molecule has 0 fully saturated rings. The number of carbonyl (C=O) groups is 1. The van der Waals surface area contributed by atoms with Crippen molar-refractivity contribution in [1.29, 1.82) is 0 Å². The standard InChI is InChI=1S/C13H16Cl2N4OS/c1-6(2)5-16-13(20)7(3)17-10-8(14)4-9(15)11-12(10)19-21-18-11/h4,6-7,17H,5H2,1-3H3,(H,16,20). The van der Waals surface area contributed by atoms with E-state index in [9.17, 15) is 4.79 Å². The van der Waals surface area contributed by atoms with E-state index in [1.54, 1.807) is 13.0 Å². The van der Waals surface area contributed by atoms with Gasteiger partial charge in [-0.3, -0.25) is 4.79 Å². The van der Waals surface area contributed by atoms with E-state index in [2.05, 4.69) is 19.4 Å². The van der Waals surface area contributed by atoms with E-state index in [-0.39, 0.29) is 5.91 Å². The van der Waals surface area contributed by atoms with Crippen molar-refractivity contribution in [3.05, 3.63) is 16.1 Å². The minimum atomic E-state index is -0.438. The highest BCUT2D eigenvalue weighted by atomic mass is 35.5. The Balaban J connectivity index is 2.19. The summed E-state index contributed by atoms with van der Waals surface area (Å²) in [6, 6.07) is 1.17. The van der Waals surface area contributed by atoms with Crippen molar-refractivity contribution >= 4 is 57.6 Å². The molecule has 1 amide bonds. The Kier molecular flexibility index (Phi) is 5.24. The number of hydrogen-bond donors (Lipinski definition) is 2. The second-order valence-electron chi connectivity index (χ2n) is 5.18. The van der Waals surface area contributed by atoms with Crippen LogP contribution < -0.4 is 10.6 Å². The lowest BCUT2D eigenvalue weighted by Gasteiger charge is -2.17. The van der Waals surface area contributed by atoms with Crippen LogP contribution in [-0.4, -0.2) is 27.2 Å². The summed E-state index contributed by atoms with van der Waals surface area (Å²) in [5.41, 5.74) is 1.75. The van der Waals surface area contributed by atoms with E-state index < -0.39 is 6.04 Å². The lowest BCUT2D eigenvalue weighted by Crippen LogP contribution is -2.39. The molecular weight excluding hydrogens is 331 g/mol. The van der Waals surface area contributed by atoms with Crippen molar-refractivity contribution < 1.29 is 4.79 Å². The zero-order valence-corrected chi connectivity index (χ0v) is 14.2. The highest BCUT2D eigenvalue weighted by Gasteiger charge is 2.19. The minimum Gasteiger partial charge on any atom is -0.371 e. The second-order valence-corrected chi connectivity index (χ2v) is 6.52. The Bertz CT molecular complexity index is 659. The first-order valence-electron chi connectivity index (χ1n) is 6.54. The van der Waals surface area contributed by atoms with Crippen molar-refractivity contribution in [3.63, 3.8) is 0 Å². The van der Waals surface area contributed by atoms with Crippen LogP contribution >= 0.6 is 34.9 Å². The third-order valence-electron chi connectivity index (χ3n) is 2.88. The summed E-state index contributed by atoms with van der Waals surface area (Å²) < 4.78 is 8.33. The molecule has 0 radical (unpaired) electrons. The molecule has 1 heterocycles. The Morgan fingerprint density at radius 2 is 1.90 bits per heavy atom. The Morgan fingerprint density at radius 1 is 1.24 bits per heavy atom. The van der Waals surface area contributed by atoms with Gasteiger partial charge in [0.1, 0.15) is 17.1 Å². The third-order valence-corrected chi connectivity index (χ3v) is 4.00. The van der Waals surface area contributed by atoms with Gasteiger partial charge in [-0.05, 0) is 18.9 Å². The Morgan fingerprint density at radius 3 is 2.57 bits per heavy atom. The maximum absolute atomic E-state index is 12.0. The van der Waals surface area contributed by atoms with Gasteiger partial charge < -0.3 is 10.6 Å². The Labute approximate surface area is 137 Å². The topological polar surface area (TPSA) is 66.9 Å². The van der Waals surface area contributed by atoms with Crippen molar-refractivity contribution in [2.24, 2.45) is 5.92 Å². The predicted octanol–water partition coefficient (Wildman–Crippen LogP) is 3.57. The molecule has 5 nitrogen and oxygen atoms in total. The van der Waals surface area contributed by atoms with Crippen molar-refractivity contribution in [1.82, 2.24) is 14.1 Å². The van der Waals surface area contributed by atoms with E-state index in [0.717, 1.165) is 11.7 Å². The summed E-state index contributed by atoms with van der Waals surface area (Å²) in [7, 11) is 0. The fraction of sp³-hybridized carbons (Fsp3) is 0.462. The fourth-order valence-electron chi connectivity index (χ4n) is 1.75. The normalized spacial score (nSPS) is 12.7. The van der Waals surface area contributed by atoms with Gasteiger partial charge in [-0.15, -0.1) is 0 Å². The SMILES string of the molecule is CC(C)CNC(=O)C(C)Nc1c(Cl)cc(Cl)c2nsnc12. The molecule has 0 aliphatic rings. The number of benzene rings is 1. The van der Waals surface area contributed by atoms with Gasteiger partial charge in [0, 0.05) is 6.54 Å². The highest BCUT2D eigenvalue weighted by molar-refractivity contribution is 7.00. The van der Waals surface area contributed by atoms with Gasteiger partial charge in [0.15, 0.2) is 0 Å². The van der Waals surface area contributed by atoms with Gasteiger partial charge in [-0.2, -0.15) is 8.75 Å². The number of nitrogens with zero attached hydrogens (tertiary/aromatic N) is 2. The maximum atomic E-state index is 12.0. The van der Waals surface area contributed by atoms with E-state index in [4.69, 9.17) is 23.2 Å². The predicted molar refractivity (Wildman–Crippen MR) is 88.4 cm³/mol. The van der Waals surface area contributed by atoms with Crippen molar-refractivity contribution in [2.45, 2.75) is 26.8 Å². The van der Waals surface area contributed by atoms with Gasteiger partial charge in [0.05, 0.1) is 27.5 Å². The number of fused-ring (bicyclic) bond motifs is 1. The molecule has 2 aromatic rings. The molecular formula is C13H16Cl2N4OS. The molecule has 21 heavy (non-hydrogen) atoms. The number of anilines is 1. The molecule has 0 spiro atoms. The van der Waals surface area contributed by atoms with E-state index in [1.165, 1.54) is 0 Å². The summed E-state index contributed by atoms with van der Waals surface area (Å²) in [5, 5.41) is 6.83. The molecule has 1 aromatic carbocycles. The largest absolute Gasteiger partial charge is 0.371 e. The molecule has 0 saturated carbocycles. The zero-order chi connectivity index (χ0) is 15.6. The molecule has 2 N–H and O–H groups in total. The molecule has 114 valence electrons. The number of nitrogens with one attached hydrogen (secondary N) is 2. The lowest BCUT2D eigenvalue weighted by molar-refractivity contribution is -0.121. The molecule has 1 unspecified atom stereocenters. The van der Waals surface area contributed by atoms with Gasteiger partial charge in [0.25, 0.3) is 0 Å². The first-order valence-corrected chi connectivity index (χ1v) is 8.03. The van der Waals surface area contributed by atoms with Crippen LogP contribution in [0.25, 0.3) is 11.0 Å². The molecule has 0 saturated heterocycles. The first-order chi connectivity index (χ1) is 9.90. The Hall–Kier alpha value is -1.11. The number of halogens is 2. The molecule has 8 heteroatoms. The number of rotatable bonds is 5. The molecule has 0 aliphatic heterocycles. The summed E-state index contributed by atoms with van der Waals surface area (Å²) in [6.45, 7) is 6.48. The van der Waals surface area contributed by atoms with Crippen molar-refractivity contribution in [3.8, 4) is 0 Å². The number of aromatic nitrogens is 2. The monoisotopic (exact) mass is 346 g/mol. The average Bonchev–Trinajstić information content (AvgIpc) is 2.90. The average molecular weight is 347 g/mol. The molecule has 0 bridgehead atoms. The summed E-state index contributed by atoms with van der Waals surface area (Å²) in [5.74, 6) is 0.306. The molecule has 1 aromatic heterocycles. The number of hydrogen-bond acceptors (Lipinski definition) is 5. The van der Waals surface area contributed by atoms with Gasteiger partial charge in [-0.25, -0.2) is 0 Å².